The largest absolute Gasteiger partial charge is 0.469 e. The Morgan fingerprint density at radius 1 is 1.67 bits per heavy atom. The SMILES string of the molecule is COC(=O)Cc1c(Br)cc(Cl)cc1C#N. The van der Waals surface area contributed by atoms with Gasteiger partial charge < -0.3 is 4.74 Å². The predicted molar refractivity (Wildman–Crippen MR) is 59.6 cm³/mol. The molecule has 0 fully saturated rings. The lowest BCUT2D eigenvalue weighted by atomic mass is 10.1. The van der Waals surface area contributed by atoms with Crippen LogP contribution in [0, 0.1) is 11.3 Å². The van der Waals surface area contributed by atoms with Crippen molar-refractivity contribution >= 4 is 33.5 Å². The highest BCUT2D eigenvalue weighted by molar-refractivity contribution is 9.10. The van der Waals surface area contributed by atoms with E-state index in [1.165, 1.54) is 13.2 Å². The highest BCUT2D eigenvalue weighted by atomic mass is 79.9. The number of carbonyl (C=O) groups excluding carboxylic acids is 1. The zero-order chi connectivity index (χ0) is 11.4. The molecule has 0 saturated carbocycles. The zero-order valence-corrected chi connectivity index (χ0v) is 10.2. The van der Waals surface area contributed by atoms with Gasteiger partial charge in [-0.15, -0.1) is 0 Å². The molecule has 3 nitrogen and oxygen atoms in total. The fourth-order valence-corrected chi connectivity index (χ4v) is 2.05. The maximum Gasteiger partial charge on any atom is 0.310 e. The molecule has 0 atom stereocenters. The molecule has 1 aromatic carbocycles. The molecule has 0 amide bonds. The van der Waals surface area contributed by atoms with Gasteiger partial charge in [-0.25, -0.2) is 0 Å². The lowest BCUT2D eigenvalue weighted by Gasteiger charge is -2.06. The minimum absolute atomic E-state index is 0.0527. The number of carbonyl (C=O) groups is 1. The molecular formula is C10H7BrClNO2. The van der Waals surface area contributed by atoms with E-state index in [1.807, 2.05) is 6.07 Å². The average Bonchev–Trinajstić information content (AvgIpc) is 2.21. The van der Waals surface area contributed by atoms with Crippen LogP contribution >= 0.6 is 27.5 Å². The summed E-state index contributed by atoms with van der Waals surface area (Å²) in [5.74, 6) is -0.394. The van der Waals surface area contributed by atoms with E-state index in [0.29, 0.717) is 20.6 Å². The number of hydrogen-bond donors (Lipinski definition) is 0. The Morgan fingerprint density at radius 2 is 2.33 bits per heavy atom. The van der Waals surface area contributed by atoms with E-state index in [-0.39, 0.29) is 6.42 Å². The number of nitrogens with zero attached hydrogens (tertiary/aromatic N) is 1. The fraction of sp³-hybridized carbons (Fsp3) is 0.200. The van der Waals surface area contributed by atoms with Gasteiger partial charge in [0.1, 0.15) is 0 Å². The van der Waals surface area contributed by atoms with Gasteiger partial charge in [-0.1, -0.05) is 27.5 Å². The van der Waals surface area contributed by atoms with Crippen molar-refractivity contribution < 1.29 is 9.53 Å². The third kappa shape index (κ3) is 2.95. The topological polar surface area (TPSA) is 50.1 Å². The monoisotopic (exact) mass is 287 g/mol. The standard InChI is InChI=1S/C10H7BrClNO2/c1-15-10(14)4-8-6(5-13)2-7(12)3-9(8)11/h2-3H,4H2,1H3. The Kier molecular flexibility index (Phi) is 4.13. The number of hydrogen-bond acceptors (Lipinski definition) is 3. The second-order valence-corrected chi connectivity index (χ2v) is 4.07. The van der Waals surface area contributed by atoms with Gasteiger partial charge in [0, 0.05) is 9.50 Å². The van der Waals surface area contributed by atoms with Crippen molar-refractivity contribution in [1.82, 2.24) is 0 Å². The van der Waals surface area contributed by atoms with Gasteiger partial charge in [0.2, 0.25) is 0 Å². The van der Waals surface area contributed by atoms with Gasteiger partial charge in [-0.2, -0.15) is 5.26 Å². The minimum atomic E-state index is -0.394. The molecule has 0 aliphatic rings. The molecule has 15 heavy (non-hydrogen) atoms. The van der Waals surface area contributed by atoms with Crippen LogP contribution in [0.2, 0.25) is 5.02 Å². The van der Waals surface area contributed by atoms with Crippen molar-refractivity contribution in [3.8, 4) is 6.07 Å². The van der Waals surface area contributed by atoms with E-state index in [0.717, 1.165) is 0 Å². The Balaban J connectivity index is 3.17. The third-order valence-corrected chi connectivity index (χ3v) is 2.76. The van der Waals surface area contributed by atoms with Crippen LogP contribution in [-0.4, -0.2) is 13.1 Å². The summed E-state index contributed by atoms with van der Waals surface area (Å²) >= 11 is 9.03. The summed E-state index contributed by atoms with van der Waals surface area (Å²) in [5.41, 5.74) is 0.966. The van der Waals surface area contributed by atoms with Crippen LogP contribution in [0.5, 0.6) is 0 Å². The van der Waals surface area contributed by atoms with E-state index in [1.54, 1.807) is 6.07 Å². The van der Waals surface area contributed by atoms with Gasteiger partial charge in [0.15, 0.2) is 0 Å². The zero-order valence-electron chi connectivity index (χ0n) is 7.88. The second kappa shape index (κ2) is 5.15. The van der Waals surface area contributed by atoms with Crippen LogP contribution < -0.4 is 0 Å². The van der Waals surface area contributed by atoms with Crippen LogP contribution in [-0.2, 0) is 16.0 Å². The fourth-order valence-electron chi connectivity index (χ4n) is 1.10. The van der Waals surface area contributed by atoms with E-state index in [9.17, 15) is 4.79 Å². The molecule has 0 N–H and O–H groups in total. The Labute approximate surface area is 101 Å². The molecule has 0 spiro atoms. The molecule has 1 rings (SSSR count). The third-order valence-electron chi connectivity index (χ3n) is 1.83. The summed E-state index contributed by atoms with van der Waals surface area (Å²) in [6.45, 7) is 0. The van der Waals surface area contributed by atoms with Crippen molar-refractivity contribution in [1.29, 1.82) is 5.26 Å². The maximum absolute atomic E-state index is 11.1. The summed E-state index contributed by atoms with van der Waals surface area (Å²) in [4.78, 5) is 11.1. The molecule has 0 bridgehead atoms. The minimum Gasteiger partial charge on any atom is -0.469 e. The Morgan fingerprint density at radius 3 is 2.87 bits per heavy atom. The van der Waals surface area contributed by atoms with Gasteiger partial charge in [-0.05, 0) is 17.7 Å². The first-order valence-electron chi connectivity index (χ1n) is 4.03. The highest BCUT2D eigenvalue weighted by Crippen LogP contribution is 2.26. The normalized spacial score (nSPS) is 9.47. The van der Waals surface area contributed by atoms with E-state index < -0.39 is 5.97 Å². The lowest BCUT2D eigenvalue weighted by Crippen LogP contribution is -2.06. The summed E-state index contributed by atoms with van der Waals surface area (Å²) in [7, 11) is 1.30. The van der Waals surface area contributed by atoms with Gasteiger partial charge in [0.25, 0.3) is 0 Å². The molecule has 78 valence electrons. The summed E-state index contributed by atoms with van der Waals surface area (Å²) in [6, 6.07) is 5.14. The number of benzene rings is 1. The van der Waals surface area contributed by atoms with Gasteiger partial charge in [-0.3, -0.25) is 4.79 Å². The van der Waals surface area contributed by atoms with Crippen molar-refractivity contribution in [2.24, 2.45) is 0 Å². The van der Waals surface area contributed by atoms with Crippen LogP contribution in [0.25, 0.3) is 0 Å². The van der Waals surface area contributed by atoms with Crippen molar-refractivity contribution in [2.75, 3.05) is 7.11 Å². The van der Waals surface area contributed by atoms with Crippen molar-refractivity contribution in [2.45, 2.75) is 6.42 Å². The van der Waals surface area contributed by atoms with Gasteiger partial charge in [0.05, 0.1) is 25.2 Å². The van der Waals surface area contributed by atoms with Crippen LogP contribution in [0.3, 0.4) is 0 Å². The summed E-state index contributed by atoms with van der Waals surface area (Å²) < 4.78 is 5.17. The Bertz CT molecular complexity index is 440. The molecule has 0 heterocycles. The lowest BCUT2D eigenvalue weighted by molar-refractivity contribution is -0.139. The number of nitriles is 1. The molecule has 0 unspecified atom stereocenters. The number of methoxy groups -OCH3 is 1. The van der Waals surface area contributed by atoms with Crippen LogP contribution in [0.15, 0.2) is 16.6 Å². The predicted octanol–water partition coefficient (Wildman–Crippen LogP) is 2.69. The second-order valence-electron chi connectivity index (χ2n) is 2.78. The number of esters is 1. The molecule has 0 aromatic heterocycles. The average molecular weight is 289 g/mol. The number of rotatable bonds is 2. The Hall–Kier alpha value is -1.05. The maximum atomic E-state index is 11.1. The van der Waals surface area contributed by atoms with Crippen molar-refractivity contribution in [3.63, 3.8) is 0 Å². The molecular weight excluding hydrogens is 281 g/mol. The van der Waals surface area contributed by atoms with E-state index in [2.05, 4.69) is 20.7 Å². The molecule has 5 heteroatoms. The summed E-state index contributed by atoms with van der Waals surface area (Å²) in [6.07, 6.45) is 0.0527. The molecule has 0 aliphatic carbocycles. The molecule has 0 aliphatic heterocycles. The highest BCUT2D eigenvalue weighted by Gasteiger charge is 2.12. The van der Waals surface area contributed by atoms with Crippen LogP contribution in [0.4, 0.5) is 0 Å². The molecule has 0 saturated heterocycles. The first-order valence-corrected chi connectivity index (χ1v) is 5.20. The van der Waals surface area contributed by atoms with Gasteiger partial charge >= 0.3 is 5.97 Å². The number of ether oxygens (including phenoxy) is 1. The van der Waals surface area contributed by atoms with E-state index >= 15 is 0 Å². The van der Waals surface area contributed by atoms with E-state index in [4.69, 9.17) is 16.9 Å². The molecule has 0 radical (unpaired) electrons. The van der Waals surface area contributed by atoms with Crippen LogP contribution in [0.1, 0.15) is 11.1 Å². The number of halogens is 2. The quantitative estimate of drug-likeness (QED) is 0.786. The smallest absolute Gasteiger partial charge is 0.310 e. The summed E-state index contributed by atoms with van der Waals surface area (Å²) in [5, 5.41) is 9.32. The first kappa shape index (κ1) is 12.0. The first-order chi connectivity index (χ1) is 7.08. The molecule has 1 aromatic rings. The van der Waals surface area contributed by atoms with Crippen molar-refractivity contribution in [3.05, 3.63) is 32.8 Å².